The Labute approximate surface area is 113 Å². The molecule has 4 nitrogen and oxygen atoms in total. The third kappa shape index (κ3) is 2.69. The van der Waals surface area contributed by atoms with E-state index in [1.807, 2.05) is 0 Å². The highest BCUT2D eigenvalue weighted by Gasteiger charge is 2.27. The summed E-state index contributed by atoms with van der Waals surface area (Å²) in [5.41, 5.74) is 0.805. The molecule has 2 rings (SSSR count). The highest BCUT2D eigenvalue weighted by Crippen LogP contribution is 2.25. The lowest BCUT2D eigenvalue weighted by atomic mass is 10.2. The summed E-state index contributed by atoms with van der Waals surface area (Å²) in [6.07, 6.45) is 1.88. The second kappa shape index (κ2) is 5.57. The first kappa shape index (κ1) is 13.8. The number of hydrogen-bond acceptors (Lipinski definition) is 3. The summed E-state index contributed by atoms with van der Waals surface area (Å²) >= 11 is 6.04. The highest BCUT2D eigenvalue weighted by atomic mass is 35.5. The van der Waals surface area contributed by atoms with Gasteiger partial charge in [-0.15, -0.1) is 0 Å². The average molecular weight is 289 g/mol. The molecular weight excluding hydrogens is 272 g/mol. The smallest absolute Gasteiger partial charge is 0.243 e. The summed E-state index contributed by atoms with van der Waals surface area (Å²) in [6.45, 7) is 1.79. The maximum atomic E-state index is 12.4. The third-order valence-electron chi connectivity index (χ3n) is 3.09. The van der Waals surface area contributed by atoms with E-state index >= 15 is 0 Å². The summed E-state index contributed by atoms with van der Waals surface area (Å²) < 4.78 is 26.3. The second-order valence-electron chi connectivity index (χ2n) is 4.39. The maximum absolute atomic E-state index is 12.4. The van der Waals surface area contributed by atoms with Gasteiger partial charge in [0.2, 0.25) is 10.0 Å². The molecule has 0 spiro atoms. The van der Waals surface area contributed by atoms with Crippen LogP contribution in [0.5, 0.6) is 0 Å². The van der Waals surface area contributed by atoms with Crippen molar-refractivity contribution < 1.29 is 8.42 Å². The first-order valence-corrected chi connectivity index (χ1v) is 7.80. The van der Waals surface area contributed by atoms with E-state index in [0.717, 1.165) is 18.4 Å². The van der Waals surface area contributed by atoms with Gasteiger partial charge in [0.25, 0.3) is 0 Å². The molecule has 1 aromatic rings. The van der Waals surface area contributed by atoms with Gasteiger partial charge in [-0.1, -0.05) is 11.6 Å². The summed E-state index contributed by atoms with van der Waals surface area (Å²) in [7, 11) is -1.55. The first-order chi connectivity index (χ1) is 8.55. The number of nitrogens with zero attached hydrogens (tertiary/aromatic N) is 1. The fraction of sp³-hybridized carbons (Fsp3) is 0.500. The fourth-order valence-electron chi connectivity index (χ4n) is 2.12. The van der Waals surface area contributed by atoms with E-state index in [4.69, 9.17) is 11.6 Å². The zero-order valence-electron chi connectivity index (χ0n) is 10.3. The minimum Gasteiger partial charge on any atom is -0.316 e. The Bertz CT molecular complexity index is 525. The lowest BCUT2D eigenvalue weighted by Crippen LogP contribution is -2.28. The molecule has 1 N–H and O–H groups in total. The second-order valence-corrected chi connectivity index (χ2v) is 6.74. The standard InChI is InChI=1S/C12H17ClN2O2S/c1-14-9-10-8-11(4-5-12(10)13)18(16,17)15-6-2-3-7-15/h4-5,8,14H,2-3,6-7,9H2,1H3. The van der Waals surface area contributed by atoms with Crippen molar-refractivity contribution in [3.8, 4) is 0 Å². The number of hydrogen-bond donors (Lipinski definition) is 1. The van der Waals surface area contributed by atoms with Crippen LogP contribution in [-0.4, -0.2) is 32.9 Å². The fourth-order valence-corrected chi connectivity index (χ4v) is 3.87. The van der Waals surface area contributed by atoms with Gasteiger partial charge < -0.3 is 5.32 Å². The number of benzene rings is 1. The molecule has 6 heteroatoms. The van der Waals surface area contributed by atoms with Crippen molar-refractivity contribution >= 4 is 21.6 Å². The summed E-state index contributed by atoms with van der Waals surface area (Å²) in [4.78, 5) is 0.332. The van der Waals surface area contributed by atoms with Crippen molar-refractivity contribution in [2.45, 2.75) is 24.3 Å². The van der Waals surface area contributed by atoms with Crippen LogP contribution < -0.4 is 5.32 Å². The SMILES string of the molecule is CNCc1cc(S(=O)(=O)N2CCCC2)ccc1Cl. The first-order valence-electron chi connectivity index (χ1n) is 5.99. The number of nitrogens with one attached hydrogen (secondary N) is 1. The zero-order chi connectivity index (χ0) is 13.2. The Morgan fingerprint density at radius 3 is 2.61 bits per heavy atom. The summed E-state index contributed by atoms with van der Waals surface area (Å²) in [5.74, 6) is 0. The Morgan fingerprint density at radius 1 is 1.33 bits per heavy atom. The lowest BCUT2D eigenvalue weighted by Gasteiger charge is -2.16. The van der Waals surface area contributed by atoms with Gasteiger partial charge in [0.05, 0.1) is 4.90 Å². The van der Waals surface area contributed by atoms with Gasteiger partial charge in [0.15, 0.2) is 0 Å². The van der Waals surface area contributed by atoms with Gasteiger partial charge in [-0.3, -0.25) is 0 Å². The van der Waals surface area contributed by atoms with Crippen LogP contribution in [0.15, 0.2) is 23.1 Å². The van der Waals surface area contributed by atoms with E-state index in [1.54, 1.807) is 29.6 Å². The Hall–Kier alpha value is -0.620. The van der Waals surface area contributed by atoms with E-state index in [0.29, 0.717) is 29.6 Å². The Morgan fingerprint density at radius 2 is 2.00 bits per heavy atom. The molecule has 18 heavy (non-hydrogen) atoms. The van der Waals surface area contributed by atoms with Crippen molar-refractivity contribution in [3.05, 3.63) is 28.8 Å². The van der Waals surface area contributed by atoms with Crippen molar-refractivity contribution in [1.82, 2.24) is 9.62 Å². The normalized spacial score (nSPS) is 17.2. The van der Waals surface area contributed by atoms with Gasteiger partial charge in [-0.25, -0.2) is 8.42 Å². The maximum Gasteiger partial charge on any atom is 0.243 e. The van der Waals surface area contributed by atoms with Gasteiger partial charge >= 0.3 is 0 Å². The van der Waals surface area contributed by atoms with Gasteiger partial charge in [0.1, 0.15) is 0 Å². The van der Waals surface area contributed by atoms with Crippen LogP contribution >= 0.6 is 11.6 Å². The third-order valence-corrected chi connectivity index (χ3v) is 5.35. The summed E-state index contributed by atoms with van der Waals surface area (Å²) in [5, 5.41) is 3.57. The Balaban J connectivity index is 2.35. The molecule has 100 valence electrons. The van der Waals surface area contributed by atoms with Crippen LogP contribution in [0.3, 0.4) is 0 Å². The van der Waals surface area contributed by atoms with Crippen LogP contribution in [0, 0.1) is 0 Å². The molecule has 0 radical (unpaired) electrons. The molecule has 1 aliphatic heterocycles. The summed E-state index contributed by atoms with van der Waals surface area (Å²) in [6, 6.07) is 4.89. The average Bonchev–Trinajstić information content (AvgIpc) is 2.86. The van der Waals surface area contributed by atoms with E-state index in [2.05, 4.69) is 5.32 Å². The Kier molecular flexibility index (Phi) is 4.27. The van der Waals surface area contributed by atoms with Gasteiger partial charge in [0, 0.05) is 24.7 Å². The molecule has 0 bridgehead atoms. The molecule has 1 aromatic carbocycles. The predicted molar refractivity (Wildman–Crippen MR) is 72.2 cm³/mol. The van der Waals surface area contributed by atoms with Gasteiger partial charge in [-0.2, -0.15) is 4.31 Å². The van der Waals surface area contributed by atoms with E-state index in [1.165, 1.54) is 0 Å². The van der Waals surface area contributed by atoms with Crippen LogP contribution in [0.1, 0.15) is 18.4 Å². The van der Waals surface area contributed by atoms with Crippen molar-refractivity contribution in [2.24, 2.45) is 0 Å². The molecule has 1 saturated heterocycles. The molecule has 1 fully saturated rings. The zero-order valence-corrected chi connectivity index (χ0v) is 11.9. The number of rotatable bonds is 4. The van der Waals surface area contributed by atoms with Crippen LogP contribution in [0.4, 0.5) is 0 Å². The van der Waals surface area contributed by atoms with Crippen molar-refractivity contribution in [3.63, 3.8) is 0 Å². The van der Waals surface area contributed by atoms with Crippen LogP contribution in [0.2, 0.25) is 5.02 Å². The minimum absolute atomic E-state index is 0.332. The predicted octanol–water partition coefficient (Wildman–Crippen LogP) is 1.84. The molecule has 0 atom stereocenters. The largest absolute Gasteiger partial charge is 0.316 e. The topological polar surface area (TPSA) is 49.4 Å². The lowest BCUT2D eigenvalue weighted by molar-refractivity contribution is 0.477. The minimum atomic E-state index is -3.35. The van der Waals surface area contributed by atoms with Crippen molar-refractivity contribution in [2.75, 3.05) is 20.1 Å². The molecule has 0 unspecified atom stereocenters. The molecular formula is C12H17ClN2O2S. The number of halogens is 1. The van der Waals surface area contributed by atoms with E-state index < -0.39 is 10.0 Å². The molecule has 0 saturated carbocycles. The molecule has 1 aliphatic rings. The van der Waals surface area contributed by atoms with E-state index in [9.17, 15) is 8.42 Å². The van der Waals surface area contributed by atoms with E-state index in [-0.39, 0.29) is 0 Å². The van der Waals surface area contributed by atoms with Crippen molar-refractivity contribution in [1.29, 1.82) is 0 Å². The molecule has 1 heterocycles. The molecule has 0 aliphatic carbocycles. The highest BCUT2D eigenvalue weighted by molar-refractivity contribution is 7.89. The van der Waals surface area contributed by atoms with Crippen LogP contribution in [0.25, 0.3) is 0 Å². The number of sulfonamides is 1. The molecule has 0 aromatic heterocycles. The van der Waals surface area contributed by atoms with Gasteiger partial charge in [-0.05, 0) is 43.7 Å². The quantitative estimate of drug-likeness (QED) is 0.920. The van der Waals surface area contributed by atoms with Crippen LogP contribution in [-0.2, 0) is 16.6 Å². The monoisotopic (exact) mass is 288 g/mol. The molecule has 0 amide bonds.